The predicted molar refractivity (Wildman–Crippen MR) is 101 cm³/mol. The summed E-state index contributed by atoms with van der Waals surface area (Å²) in [6.07, 6.45) is 3.74. The lowest BCUT2D eigenvalue weighted by Gasteiger charge is -2.23. The maximum atomic E-state index is 11.2. The van der Waals surface area contributed by atoms with Crippen molar-refractivity contribution < 1.29 is 9.53 Å². The van der Waals surface area contributed by atoms with Crippen molar-refractivity contribution in [2.45, 2.75) is 45.6 Å². The molecule has 1 unspecified atom stereocenters. The van der Waals surface area contributed by atoms with Gasteiger partial charge < -0.3 is 15.4 Å². The number of esters is 1. The van der Waals surface area contributed by atoms with E-state index in [0.717, 1.165) is 32.0 Å². The Bertz CT molecular complexity index is 340. The monoisotopic (exact) mass is 426 g/mol. The van der Waals surface area contributed by atoms with Gasteiger partial charge in [0.25, 0.3) is 0 Å². The van der Waals surface area contributed by atoms with Crippen molar-refractivity contribution in [3.8, 4) is 0 Å². The molecular formula is C15H31IN4O2. The van der Waals surface area contributed by atoms with Gasteiger partial charge in [-0.15, -0.1) is 24.0 Å². The number of carbonyl (C=O) groups is 1. The zero-order valence-corrected chi connectivity index (χ0v) is 16.4. The molecule has 1 atom stereocenters. The van der Waals surface area contributed by atoms with Crippen LogP contribution in [0.4, 0.5) is 0 Å². The number of rotatable bonds is 8. The van der Waals surface area contributed by atoms with Gasteiger partial charge in [0.1, 0.15) is 0 Å². The summed E-state index contributed by atoms with van der Waals surface area (Å²) in [6.45, 7) is 8.44. The van der Waals surface area contributed by atoms with Gasteiger partial charge in [-0.3, -0.25) is 14.7 Å². The van der Waals surface area contributed by atoms with Crippen molar-refractivity contribution >= 4 is 35.9 Å². The quantitative estimate of drug-likeness (QED) is 0.203. The zero-order valence-electron chi connectivity index (χ0n) is 14.1. The minimum absolute atomic E-state index is 0. The molecule has 0 aromatic carbocycles. The van der Waals surface area contributed by atoms with Gasteiger partial charge in [-0.05, 0) is 39.3 Å². The Kier molecular flexibility index (Phi) is 12.6. The highest BCUT2D eigenvalue weighted by molar-refractivity contribution is 14.0. The second-order valence-corrected chi connectivity index (χ2v) is 5.21. The lowest BCUT2D eigenvalue weighted by Crippen LogP contribution is -2.45. The maximum Gasteiger partial charge on any atom is 0.305 e. The van der Waals surface area contributed by atoms with Gasteiger partial charge in [-0.2, -0.15) is 0 Å². The number of nitrogens with one attached hydrogen (secondary N) is 2. The van der Waals surface area contributed by atoms with E-state index in [1.165, 1.54) is 19.4 Å². The van der Waals surface area contributed by atoms with E-state index in [1.54, 1.807) is 7.05 Å². The number of aliphatic imine (C=N–C) groups is 1. The van der Waals surface area contributed by atoms with Crippen LogP contribution < -0.4 is 10.6 Å². The molecule has 2 N–H and O–H groups in total. The molecule has 130 valence electrons. The molecule has 0 bridgehead atoms. The number of likely N-dealkylation sites (tertiary alicyclic amines) is 1. The molecule has 0 amide bonds. The number of carbonyl (C=O) groups excluding carboxylic acids is 1. The normalized spacial score (nSPS) is 18.7. The number of nitrogens with zero attached hydrogens (tertiary/aromatic N) is 2. The number of hydrogen-bond donors (Lipinski definition) is 2. The molecule has 1 saturated heterocycles. The first-order valence-corrected chi connectivity index (χ1v) is 8.05. The van der Waals surface area contributed by atoms with Crippen LogP contribution in [0.25, 0.3) is 0 Å². The van der Waals surface area contributed by atoms with Gasteiger partial charge in [0.15, 0.2) is 5.96 Å². The highest BCUT2D eigenvalue weighted by atomic mass is 127. The third kappa shape index (κ3) is 8.17. The molecule has 1 fully saturated rings. The Morgan fingerprint density at radius 1 is 1.36 bits per heavy atom. The molecule has 7 heteroatoms. The van der Waals surface area contributed by atoms with Crippen LogP contribution in [0.15, 0.2) is 4.99 Å². The van der Waals surface area contributed by atoms with E-state index in [-0.39, 0.29) is 29.9 Å². The first-order valence-electron chi connectivity index (χ1n) is 8.05. The van der Waals surface area contributed by atoms with Crippen LogP contribution in [0.1, 0.15) is 39.5 Å². The fourth-order valence-corrected chi connectivity index (χ4v) is 2.65. The van der Waals surface area contributed by atoms with Crippen LogP contribution in [0.2, 0.25) is 0 Å². The summed E-state index contributed by atoms with van der Waals surface area (Å²) in [5, 5.41) is 6.61. The van der Waals surface area contributed by atoms with Gasteiger partial charge in [0, 0.05) is 32.6 Å². The molecule has 1 aliphatic heterocycles. The molecule has 22 heavy (non-hydrogen) atoms. The van der Waals surface area contributed by atoms with Gasteiger partial charge in [0.05, 0.1) is 6.61 Å². The van der Waals surface area contributed by atoms with Crippen LogP contribution in [0.3, 0.4) is 0 Å². The average Bonchev–Trinajstić information content (AvgIpc) is 2.94. The fourth-order valence-electron chi connectivity index (χ4n) is 2.65. The molecule has 0 saturated carbocycles. The molecule has 0 aliphatic carbocycles. The standard InChI is InChI=1S/C15H30N4O2.HI/c1-4-19-11-7-8-13(19)12-18-15(16-3)17-10-6-9-14(20)21-5-2;/h13H,4-12H2,1-3H3,(H2,16,17,18);1H. The highest BCUT2D eigenvalue weighted by Gasteiger charge is 2.22. The molecule has 0 radical (unpaired) electrons. The van der Waals surface area contributed by atoms with Crippen LogP contribution in [0.5, 0.6) is 0 Å². The summed E-state index contributed by atoms with van der Waals surface area (Å²) in [5.41, 5.74) is 0. The first kappa shape index (κ1) is 21.4. The van der Waals surface area contributed by atoms with E-state index in [2.05, 4.69) is 27.4 Å². The third-order valence-corrected chi connectivity index (χ3v) is 3.79. The van der Waals surface area contributed by atoms with Crippen molar-refractivity contribution in [1.29, 1.82) is 0 Å². The van der Waals surface area contributed by atoms with E-state index in [0.29, 0.717) is 19.1 Å². The third-order valence-electron chi connectivity index (χ3n) is 3.79. The predicted octanol–water partition coefficient (Wildman–Crippen LogP) is 1.60. The number of guanidine groups is 1. The summed E-state index contributed by atoms with van der Waals surface area (Å²) >= 11 is 0. The minimum Gasteiger partial charge on any atom is -0.466 e. The summed E-state index contributed by atoms with van der Waals surface area (Å²) in [5.74, 6) is 0.675. The number of hydrogen-bond acceptors (Lipinski definition) is 4. The Labute approximate surface area is 151 Å². The van der Waals surface area contributed by atoms with Crippen LogP contribution >= 0.6 is 24.0 Å². The van der Waals surface area contributed by atoms with Gasteiger partial charge >= 0.3 is 5.97 Å². The van der Waals surface area contributed by atoms with E-state index < -0.39 is 0 Å². The Hall–Kier alpha value is -0.570. The Morgan fingerprint density at radius 2 is 2.14 bits per heavy atom. The topological polar surface area (TPSA) is 66.0 Å². The lowest BCUT2D eigenvalue weighted by molar-refractivity contribution is -0.143. The van der Waals surface area contributed by atoms with Crippen LogP contribution in [-0.4, -0.2) is 62.7 Å². The molecular weight excluding hydrogens is 395 g/mol. The summed E-state index contributed by atoms with van der Waals surface area (Å²) in [4.78, 5) is 17.9. The number of halogens is 1. The SMILES string of the molecule is CCOC(=O)CCCNC(=NC)NCC1CCCN1CC.I. The number of ether oxygens (including phenoxy) is 1. The largest absolute Gasteiger partial charge is 0.466 e. The second kappa shape index (κ2) is 12.9. The van der Waals surface area contributed by atoms with Crippen molar-refractivity contribution in [3.05, 3.63) is 0 Å². The van der Waals surface area contributed by atoms with Crippen molar-refractivity contribution in [2.75, 3.05) is 39.8 Å². The number of likely N-dealkylation sites (N-methyl/N-ethyl adjacent to an activating group) is 1. The van der Waals surface area contributed by atoms with Gasteiger partial charge in [-0.1, -0.05) is 6.92 Å². The van der Waals surface area contributed by atoms with Crippen molar-refractivity contribution in [1.82, 2.24) is 15.5 Å². The van der Waals surface area contributed by atoms with E-state index in [4.69, 9.17) is 4.74 Å². The van der Waals surface area contributed by atoms with Gasteiger partial charge in [-0.25, -0.2) is 0 Å². The van der Waals surface area contributed by atoms with Gasteiger partial charge in [0.2, 0.25) is 0 Å². The smallest absolute Gasteiger partial charge is 0.305 e. The summed E-state index contributed by atoms with van der Waals surface area (Å²) in [7, 11) is 1.77. The average molecular weight is 426 g/mol. The van der Waals surface area contributed by atoms with Crippen LogP contribution in [0, 0.1) is 0 Å². The maximum absolute atomic E-state index is 11.2. The highest BCUT2D eigenvalue weighted by Crippen LogP contribution is 2.15. The van der Waals surface area contributed by atoms with Crippen molar-refractivity contribution in [3.63, 3.8) is 0 Å². The molecule has 0 aromatic rings. The van der Waals surface area contributed by atoms with E-state index in [9.17, 15) is 4.79 Å². The summed E-state index contributed by atoms with van der Waals surface area (Å²) in [6, 6.07) is 0.605. The lowest BCUT2D eigenvalue weighted by atomic mass is 10.2. The van der Waals surface area contributed by atoms with Crippen molar-refractivity contribution in [2.24, 2.45) is 4.99 Å². The van der Waals surface area contributed by atoms with Crippen LogP contribution in [-0.2, 0) is 9.53 Å². The minimum atomic E-state index is -0.133. The molecule has 1 rings (SSSR count). The van der Waals surface area contributed by atoms with E-state index >= 15 is 0 Å². The Morgan fingerprint density at radius 3 is 2.77 bits per heavy atom. The fraction of sp³-hybridized carbons (Fsp3) is 0.867. The first-order chi connectivity index (χ1) is 10.2. The Balaban J connectivity index is 0.00000441. The molecule has 6 nitrogen and oxygen atoms in total. The summed E-state index contributed by atoms with van der Waals surface area (Å²) < 4.78 is 4.90. The second-order valence-electron chi connectivity index (χ2n) is 5.21. The molecule has 1 aliphatic rings. The molecule has 0 aromatic heterocycles. The van der Waals surface area contributed by atoms with E-state index in [1.807, 2.05) is 6.92 Å². The molecule has 0 spiro atoms. The zero-order chi connectivity index (χ0) is 15.5. The molecule has 1 heterocycles.